The lowest BCUT2D eigenvalue weighted by Gasteiger charge is -2.36. The molecule has 2 atom stereocenters. The van der Waals surface area contributed by atoms with Crippen molar-refractivity contribution in [1.29, 1.82) is 0 Å². The van der Waals surface area contributed by atoms with Crippen molar-refractivity contribution in [2.24, 2.45) is 0 Å². The van der Waals surface area contributed by atoms with Gasteiger partial charge in [-0.2, -0.15) is 4.98 Å². The molecule has 1 saturated heterocycles. The molecule has 0 aliphatic carbocycles. The number of nitrogens with one attached hydrogen (secondary N) is 1. The van der Waals surface area contributed by atoms with Crippen LogP contribution in [0.3, 0.4) is 0 Å². The van der Waals surface area contributed by atoms with Crippen molar-refractivity contribution in [2.75, 3.05) is 32.7 Å². The van der Waals surface area contributed by atoms with Crippen molar-refractivity contribution in [2.45, 2.75) is 52.6 Å². The molecule has 1 amide bonds. The second kappa shape index (κ2) is 8.40. The minimum Gasteiger partial charge on any atom is -0.353 e. The molecule has 1 N–H and O–H groups in total. The summed E-state index contributed by atoms with van der Waals surface area (Å²) in [7, 11) is 0. The zero-order chi connectivity index (χ0) is 16.8. The molecule has 0 unspecified atom stereocenters. The average Bonchev–Trinajstić information content (AvgIpc) is 3.03. The summed E-state index contributed by atoms with van der Waals surface area (Å²) < 4.78 is 5.34. The van der Waals surface area contributed by atoms with Crippen molar-refractivity contribution in [1.82, 2.24) is 25.3 Å². The lowest BCUT2D eigenvalue weighted by molar-refractivity contribution is -0.123. The van der Waals surface area contributed by atoms with Gasteiger partial charge in [0, 0.05) is 38.6 Å². The fraction of sp³-hybridized carbons (Fsp3) is 0.812. The maximum absolute atomic E-state index is 12.0. The van der Waals surface area contributed by atoms with E-state index in [-0.39, 0.29) is 18.0 Å². The molecule has 1 fully saturated rings. The van der Waals surface area contributed by atoms with E-state index >= 15 is 0 Å². The van der Waals surface area contributed by atoms with Gasteiger partial charge in [0.2, 0.25) is 11.8 Å². The van der Waals surface area contributed by atoms with E-state index in [2.05, 4.69) is 39.1 Å². The van der Waals surface area contributed by atoms with Gasteiger partial charge in [-0.15, -0.1) is 0 Å². The smallest absolute Gasteiger partial charge is 0.243 e. The maximum atomic E-state index is 12.0. The van der Waals surface area contributed by atoms with E-state index in [1.807, 2.05) is 13.8 Å². The van der Waals surface area contributed by atoms with Crippen LogP contribution in [0.15, 0.2) is 4.52 Å². The van der Waals surface area contributed by atoms with Crippen molar-refractivity contribution < 1.29 is 9.32 Å². The highest BCUT2D eigenvalue weighted by Crippen LogP contribution is 2.20. The SMILES string of the molecule is CCc1noc([C@@H](C)N2CCN(CC(=O)N[C@H](C)CC)CC2)n1. The first kappa shape index (κ1) is 17.9. The Morgan fingerprint density at radius 1 is 1.26 bits per heavy atom. The zero-order valence-electron chi connectivity index (χ0n) is 14.7. The Kier molecular flexibility index (Phi) is 6.53. The van der Waals surface area contributed by atoms with Crippen molar-refractivity contribution in [3.8, 4) is 0 Å². The van der Waals surface area contributed by atoms with Gasteiger partial charge in [0.1, 0.15) is 0 Å². The van der Waals surface area contributed by atoms with E-state index < -0.39 is 0 Å². The van der Waals surface area contributed by atoms with Crippen LogP contribution in [0.1, 0.15) is 51.9 Å². The molecule has 1 aromatic rings. The molecule has 7 nitrogen and oxygen atoms in total. The lowest BCUT2D eigenvalue weighted by Crippen LogP contribution is -2.50. The Labute approximate surface area is 138 Å². The molecular weight excluding hydrogens is 294 g/mol. The summed E-state index contributed by atoms with van der Waals surface area (Å²) in [5.41, 5.74) is 0. The number of rotatable bonds is 7. The Hall–Kier alpha value is -1.47. The van der Waals surface area contributed by atoms with Crippen molar-refractivity contribution in [3.05, 3.63) is 11.7 Å². The molecule has 0 saturated carbocycles. The van der Waals surface area contributed by atoms with E-state index in [4.69, 9.17) is 4.52 Å². The van der Waals surface area contributed by atoms with Gasteiger partial charge in [0.15, 0.2) is 5.82 Å². The first-order valence-corrected chi connectivity index (χ1v) is 8.61. The molecule has 0 spiro atoms. The number of nitrogens with zero attached hydrogens (tertiary/aromatic N) is 4. The first-order chi connectivity index (χ1) is 11.0. The topological polar surface area (TPSA) is 74.5 Å². The van der Waals surface area contributed by atoms with E-state index in [0.29, 0.717) is 12.4 Å². The Balaban J connectivity index is 1.78. The lowest BCUT2D eigenvalue weighted by atomic mass is 10.2. The molecule has 130 valence electrons. The molecular formula is C16H29N5O2. The highest BCUT2D eigenvalue weighted by Gasteiger charge is 2.26. The standard InChI is InChI=1S/C16H29N5O2/c1-5-12(3)17-15(22)11-20-7-9-21(10-8-20)13(4)16-18-14(6-2)19-23-16/h12-13H,5-11H2,1-4H3,(H,17,22)/t12-,13-/m1/s1. The third-order valence-corrected chi connectivity index (χ3v) is 4.50. The van der Waals surface area contributed by atoms with E-state index in [0.717, 1.165) is 44.8 Å². The van der Waals surface area contributed by atoms with Gasteiger partial charge < -0.3 is 9.84 Å². The summed E-state index contributed by atoms with van der Waals surface area (Å²) in [6.45, 7) is 12.3. The molecule has 2 heterocycles. The average molecular weight is 323 g/mol. The third-order valence-electron chi connectivity index (χ3n) is 4.50. The van der Waals surface area contributed by atoms with Gasteiger partial charge >= 0.3 is 0 Å². The maximum Gasteiger partial charge on any atom is 0.243 e. The number of piperazine rings is 1. The monoisotopic (exact) mass is 323 g/mol. The number of hydrogen-bond acceptors (Lipinski definition) is 6. The Bertz CT molecular complexity index is 496. The van der Waals surface area contributed by atoms with Gasteiger partial charge in [0.05, 0.1) is 12.6 Å². The normalized spacial score (nSPS) is 19.5. The molecule has 1 aliphatic rings. The van der Waals surface area contributed by atoms with Crippen LogP contribution in [-0.4, -0.2) is 64.6 Å². The van der Waals surface area contributed by atoms with Crippen LogP contribution in [0.2, 0.25) is 0 Å². The predicted octanol–water partition coefficient (Wildman–Crippen LogP) is 1.23. The third kappa shape index (κ3) is 5.00. The van der Waals surface area contributed by atoms with E-state index in [1.54, 1.807) is 0 Å². The number of carbonyl (C=O) groups is 1. The number of amides is 1. The summed E-state index contributed by atoms with van der Waals surface area (Å²) >= 11 is 0. The summed E-state index contributed by atoms with van der Waals surface area (Å²) in [4.78, 5) is 20.9. The largest absolute Gasteiger partial charge is 0.353 e. The second-order valence-electron chi connectivity index (χ2n) is 6.27. The number of aryl methyl sites for hydroxylation is 1. The summed E-state index contributed by atoms with van der Waals surface area (Å²) in [5.74, 6) is 1.56. The summed E-state index contributed by atoms with van der Waals surface area (Å²) in [6.07, 6.45) is 1.75. The quantitative estimate of drug-likeness (QED) is 0.813. The minimum absolute atomic E-state index is 0.116. The number of aromatic nitrogens is 2. The van der Waals surface area contributed by atoms with Crippen molar-refractivity contribution in [3.63, 3.8) is 0 Å². The second-order valence-corrected chi connectivity index (χ2v) is 6.27. The van der Waals surface area contributed by atoms with Crippen LogP contribution in [-0.2, 0) is 11.2 Å². The molecule has 23 heavy (non-hydrogen) atoms. The highest BCUT2D eigenvalue weighted by atomic mass is 16.5. The van der Waals surface area contributed by atoms with Crippen LogP contribution in [0.4, 0.5) is 0 Å². The molecule has 1 aromatic heterocycles. The van der Waals surface area contributed by atoms with Gasteiger partial charge in [-0.05, 0) is 20.3 Å². The van der Waals surface area contributed by atoms with Gasteiger partial charge in [-0.25, -0.2) is 0 Å². The van der Waals surface area contributed by atoms with Gasteiger partial charge in [-0.3, -0.25) is 14.6 Å². The van der Waals surface area contributed by atoms with E-state index in [1.165, 1.54) is 0 Å². The molecule has 2 rings (SSSR count). The van der Waals surface area contributed by atoms with Gasteiger partial charge in [-0.1, -0.05) is 19.0 Å². The zero-order valence-corrected chi connectivity index (χ0v) is 14.7. The summed E-state index contributed by atoms with van der Waals surface area (Å²) in [5, 5.41) is 6.98. The van der Waals surface area contributed by atoms with Crippen LogP contribution in [0.5, 0.6) is 0 Å². The van der Waals surface area contributed by atoms with E-state index in [9.17, 15) is 4.79 Å². The molecule has 7 heteroatoms. The van der Waals surface area contributed by atoms with Crippen molar-refractivity contribution >= 4 is 5.91 Å². The van der Waals surface area contributed by atoms with Gasteiger partial charge in [0.25, 0.3) is 0 Å². The minimum atomic E-state index is 0.116. The Morgan fingerprint density at radius 3 is 2.52 bits per heavy atom. The molecule has 0 aromatic carbocycles. The van der Waals surface area contributed by atoms with Crippen LogP contribution in [0, 0.1) is 0 Å². The van der Waals surface area contributed by atoms with Crippen LogP contribution < -0.4 is 5.32 Å². The Morgan fingerprint density at radius 2 is 1.96 bits per heavy atom. The fourth-order valence-electron chi connectivity index (χ4n) is 2.67. The predicted molar refractivity (Wildman–Crippen MR) is 88.0 cm³/mol. The highest BCUT2D eigenvalue weighted by molar-refractivity contribution is 5.78. The fourth-order valence-corrected chi connectivity index (χ4v) is 2.67. The molecule has 0 bridgehead atoms. The van der Waals surface area contributed by atoms with Crippen LogP contribution >= 0.6 is 0 Å². The first-order valence-electron chi connectivity index (χ1n) is 8.61. The molecule has 0 radical (unpaired) electrons. The van der Waals surface area contributed by atoms with Crippen LogP contribution in [0.25, 0.3) is 0 Å². The summed E-state index contributed by atoms with van der Waals surface area (Å²) in [6, 6.07) is 0.369. The number of hydrogen-bond donors (Lipinski definition) is 1. The number of carbonyl (C=O) groups excluding carboxylic acids is 1. The molecule has 1 aliphatic heterocycles.